The van der Waals surface area contributed by atoms with Crippen molar-refractivity contribution >= 4 is 27.7 Å². The molecule has 14 heavy (non-hydrogen) atoms. The van der Waals surface area contributed by atoms with Crippen molar-refractivity contribution in [2.45, 2.75) is 0 Å². The first-order valence-electron chi connectivity index (χ1n) is 3.97. The highest BCUT2D eigenvalue weighted by Gasteiger charge is 2.06. The third-order valence-corrected chi connectivity index (χ3v) is 2.09. The van der Waals surface area contributed by atoms with Crippen LogP contribution in [0.25, 0.3) is 10.9 Å². The lowest BCUT2D eigenvalue weighted by molar-refractivity contribution is 0.107. The number of fused-ring (bicyclic) bond motifs is 1. The van der Waals surface area contributed by atoms with Gasteiger partial charge in [0.1, 0.15) is 17.0 Å². The number of para-hydroxylation sites is 1. The first kappa shape index (κ1) is 8.97. The summed E-state index contributed by atoms with van der Waals surface area (Å²) in [7, 11) is 0. The van der Waals surface area contributed by atoms with Gasteiger partial charge in [-0.2, -0.15) is 0 Å². The third kappa shape index (κ3) is 1.42. The number of aromatic nitrogens is 1. The zero-order valence-corrected chi connectivity index (χ0v) is 7.82. The monoisotopic (exact) mass is 207 g/mol. The minimum absolute atomic E-state index is 0.0438. The molecule has 1 heterocycles. The van der Waals surface area contributed by atoms with Crippen LogP contribution in [0.3, 0.4) is 0 Å². The highest BCUT2D eigenvalue weighted by atomic mass is 35.5. The molecule has 2 aromatic rings. The summed E-state index contributed by atoms with van der Waals surface area (Å²) in [4.78, 5) is 14.8. The van der Waals surface area contributed by atoms with Gasteiger partial charge in [0.2, 0.25) is 0 Å². The molecule has 1 aromatic carbocycles. The molecule has 0 fully saturated rings. The number of carbonyl (C=O) groups is 1. The van der Waals surface area contributed by atoms with Crippen molar-refractivity contribution in [2.75, 3.05) is 0 Å². The molecule has 1 N–H and O–H groups in total. The average Bonchev–Trinajstić information content (AvgIpc) is 2.18. The number of benzene rings is 1. The summed E-state index contributed by atoms with van der Waals surface area (Å²) in [5.74, 6) is 0.0438. The van der Waals surface area contributed by atoms with E-state index in [0.717, 1.165) is 5.39 Å². The SMILES string of the molecule is O=C(Cl)c1ccc2cccc(O)c2n1. The number of hydrogen-bond donors (Lipinski definition) is 1. The minimum atomic E-state index is -0.629. The average molecular weight is 208 g/mol. The van der Waals surface area contributed by atoms with E-state index in [9.17, 15) is 9.90 Å². The molecule has 70 valence electrons. The Bertz CT molecular complexity index is 510. The molecular weight excluding hydrogens is 202 g/mol. The van der Waals surface area contributed by atoms with Crippen LogP contribution in [-0.2, 0) is 0 Å². The predicted molar refractivity (Wildman–Crippen MR) is 53.6 cm³/mol. The van der Waals surface area contributed by atoms with E-state index in [2.05, 4.69) is 4.98 Å². The van der Waals surface area contributed by atoms with Crippen molar-refractivity contribution in [1.82, 2.24) is 4.98 Å². The first-order valence-corrected chi connectivity index (χ1v) is 4.35. The zero-order valence-electron chi connectivity index (χ0n) is 7.07. The molecule has 0 saturated carbocycles. The van der Waals surface area contributed by atoms with Crippen LogP contribution < -0.4 is 0 Å². The van der Waals surface area contributed by atoms with Gasteiger partial charge < -0.3 is 5.11 Å². The Labute approximate surface area is 85.0 Å². The van der Waals surface area contributed by atoms with Crippen LogP contribution in [0, 0.1) is 0 Å². The molecule has 0 aliphatic carbocycles. The van der Waals surface area contributed by atoms with Gasteiger partial charge in [-0.15, -0.1) is 0 Å². The molecule has 0 saturated heterocycles. The van der Waals surface area contributed by atoms with Gasteiger partial charge in [0, 0.05) is 5.39 Å². The van der Waals surface area contributed by atoms with E-state index in [1.165, 1.54) is 12.1 Å². The first-order chi connectivity index (χ1) is 6.68. The minimum Gasteiger partial charge on any atom is -0.506 e. The van der Waals surface area contributed by atoms with Gasteiger partial charge in [-0.05, 0) is 23.7 Å². The molecule has 0 unspecified atom stereocenters. The summed E-state index contributed by atoms with van der Waals surface area (Å²) in [6.45, 7) is 0. The fourth-order valence-corrected chi connectivity index (χ4v) is 1.35. The Hall–Kier alpha value is -1.61. The topological polar surface area (TPSA) is 50.2 Å². The van der Waals surface area contributed by atoms with Crippen molar-refractivity contribution in [3.63, 3.8) is 0 Å². The van der Waals surface area contributed by atoms with Gasteiger partial charge in [0.25, 0.3) is 5.24 Å². The third-order valence-electron chi connectivity index (χ3n) is 1.90. The van der Waals surface area contributed by atoms with Gasteiger partial charge in [-0.25, -0.2) is 4.98 Å². The molecule has 2 rings (SSSR count). The van der Waals surface area contributed by atoms with Crippen LogP contribution >= 0.6 is 11.6 Å². The van der Waals surface area contributed by atoms with Crippen molar-refractivity contribution in [2.24, 2.45) is 0 Å². The fraction of sp³-hybridized carbons (Fsp3) is 0. The number of carbonyl (C=O) groups excluding carboxylic acids is 1. The number of rotatable bonds is 1. The number of phenolic OH excluding ortho intramolecular Hbond substituents is 1. The lowest BCUT2D eigenvalue weighted by Crippen LogP contribution is -1.93. The Kier molecular flexibility index (Phi) is 2.09. The number of aromatic hydroxyl groups is 1. The van der Waals surface area contributed by atoms with Crippen LogP contribution in [0.15, 0.2) is 30.3 Å². The van der Waals surface area contributed by atoms with Crippen molar-refractivity contribution in [1.29, 1.82) is 0 Å². The van der Waals surface area contributed by atoms with E-state index >= 15 is 0 Å². The Balaban J connectivity index is 2.76. The van der Waals surface area contributed by atoms with Crippen molar-refractivity contribution in [3.05, 3.63) is 36.0 Å². The molecule has 0 aliphatic heterocycles. The van der Waals surface area contributed by atoms with Crippen LogP contribution in [0.5, 0.6) is 5.75 Å². The van der Waals surface area contributed by atoms with E-state index in [-0.39, 0.29) is 11.4 Å². The van der Waals surface area contributed by atoms with Crippen LogP contribution in [0.2, 0.25) is 0 Å². The summed E-state index contributed by atoms with van der Waals surface area (Å²) in [6.07, 6.45) is 0. The van der Waals surface area contributed by atoms with Crippen molar-refractivity contribution in [3.8, 4) is 5.75 Å². The molecule has 0 radical (unpaired) electrons. The Morgan fingerprint density at radius 3 is 2.79 bits per heavy atom. The molecule has 0 spiro atoms. The zero-order chi connectivity index (χ0) is 10.1. The molecule has 0 aliphatic rings. The Morgan fingerprint density at radius 1 is 1.29 bits per heavy atom. The van der Waals surface area contributed by atoms with Crippen LogP contribution in [-0.4, -0.2) is 15.3 Å². The number of pyridine rings is 1. The lowest BCUT2D eigenvalue weighted by atomic mass is 10.2. The maximum atomic E-state index is 10.8. The fourth-order valence-electron chi connectivity index (χ4n) is 1.24. The van der Waals surface area contributed by atoms with Gasteiger partial charge in [-0.3, -0.25) is 4.79 Å². The standard InChI is InChI=1S/C10H6ClNO2/c11-10(14)7-5-4-6-2-1-3-8(13)9(6)12-7/h1-5,13H. The summed E-state index contributed by atoms with van der Waals surface area (Å²) >= 11 is 5.27. The molecule has 0 amide bonds. The largest absolute Gasteiger partial charge is 0.506 e. The summed E-state index contributed by atoms with van der Waals surface area (Å²) in [6, 6.07) is 8.23. The number of phenols is 1. The molecular formula is C10H6ClNO2. The van der Waals surface area contributed by atoms with Crippen LogP contribution in [0.1, 0.15) is 10.5 Å². The van der Waals surface area contributed by atoms with E-state index < -0.39 is 5.24 Å². The number of nitrogens with zero attached hydrogens (tertiary/aromatic N) is 1. The smallest absolute Gasteiger partial charge is 0.270 e. The van der Waals surface area contributed by atoms with E-state index in [1.54, 1.807) is 18.2 Å². The Morgan fingerprint density at radius 2 is 2.07 bits per heavy atom. The number of halogens is 1. The highest BCUT2D eigenvalue weighted by Crippen LogP contribution is 2.22. The van der Waals surface area contributed by atoms with Gasteiger partial charge in [-0.1, -0.05) is 18.2 Å². The second kappa shape index (κ2) is 3.27. The second-order valence-corrected chi connectivity index (χ2v) is 3.16. The van der Waals surface area contributed by atoms with Gasteiger partial charge in [0.15, 0.2) is 0 Å². The number of hydrogen-bond acceptors (Lipinski definition) is 3. The van der Waals surface area contributed by atoms with E-state index in [0.29, 0.717) is 5.52 Å². The lowest BCUT2D eigenvalue weighted by Gasteiger charge is -2.00. The molecule has 1 aromatic heterocycles. The van der Waals surface area contributed by atoms with E-state index in [1.807, 2.05) is 0 Å². The second-order valence-electron chi connectivity index (χ2n) is 2.82. The molecule has 0 atom stereocenters. The maximum absolute atomic E-state index is 10.8. The molecule has 3 nitrogen and oxygen atoms in total. The molecule has 4 heteroatoms. The maximum Gasteiger partial charge on any atom is 0.270 e. The van der Waals surface area contributed by atoms with Crippen molar-refractivity contribution < 1.29 is 9.90 Å². The highest BCUT2D eigenvalue weighted by molar-refractivity contribution is 6.67. The van der Waals surface area contributed by atoms with Crippen LogP contribution in [0.4, 0.5) is 0 Å². The van der Waals surface area contributed by atoms with Gasteiger partial charge >= 0.3 is 0 Å². The quantitative estimate of drug-likeness (QED) is 0.731. The predicted octanol–water partition coefficient (Wildman–Crippen LogP) is 2.32. The van der Waals surface area contributed by atoms with Gasteiger partial charge in [0.05, 0.1) is 0 Å². The summed E-state index contributed by atoms with van der Waals surface area (Å²) in [5, 5.41) is 9.60. The summed E-state index contributed by atoms with van der Waals surface area (Å²) in [5.41, 5.74) is 0.527. The summed E-state index contributed by atoms with van der Waals surface area (Å²) < 4.78 is 0. The normalized spacial score (nSPS) is 10.4. The van der Waals surface area contributed by atoms with E-state index in [4.69, 9.17) is 11.6 Å². The molecule has 0 bridgehead atoms.